The highest BCUT2D eigenvalue weighted by Gasteiger charge is 2.21. The summed E-state index contributed by atoms with van der Waals surface area (Å²) in [4.78, 5) is 11.0. The third kappa shape index (κ3) is 2.58. The lowest BCUT2D eigenvalue weighted by molar-refractivity contribution is 0.237. The zero-order valence-corrected chi connectivity index (χ0v) is 11.0. The van der Waals surface area contributed by atoms with Gasteiger partial charge < -0.3 is 4.74 Å². The number of methoxy groups -OCH3 is 1. The largest absolute Gasteiger partial charge is 0.481 e. The predicted molar refractivity (Wildman–Crippen MR) is 72.8 cm³/mol. The number of fused-ring (bicyclic) bond motifs is 1. The molecule has 0 radical (unpaired) electrons. The summed E-state index contributed by atoms with van der Waals surface area (Å²) < 4.78 is 5.30. The van der Waals surface area contributed by atoms with Gasteiger partial charge in [-0.3, -0.25) is 4.90 Å². The van der Waals surface area contributed by atoms with Crippen molar-refractivity contribution in [2.45, 2.75) is 19.5 Å². The molecule has 0 N–H and O–H groups in total. The third-order valence-corrected chi connectivity index (χ3v) is 3.49. The van der Waals surface area contributed by atoms with Crippen LogP contribution in [0.3, 0.4) is 0 Å². The number of benzene rings is 1. The van der Waals surface area contributed by atoms with Crippen molar-refractivity contribution in [3.63, 3.8) is 0 Å². The van der Waals surface area contributed by atoms with Gasteiger partial charge in [0, 0.05) is 25.2 Å². The van der Waals surface area contributed by atoms with Crippen molar-refractivity contribution in [3.8, 4) is 5.88 Å². The van der Waals surface area contributed by atoms with Crippen LogP contribution in [0.2, 0.25) is 0 Å². The summed E-state index contributed by atoms with van der Waals surface area (Å²) in [6.45, 7) is 2.85. The Balaban J connectivity index is 1.76. The van der Waals surface area contributed by atoms with E-state index in [4.69, 9.17) is 4.74 Å². The number of hydrogen-bond acceptors (Lipinski definition) is 4. The number of rotatable bonds is 3. The smallest absolute Gasteiger partial charge is 0.219 e. The van der Waals surface area contributed by atoms with Crippen LogP contribution >= 0.6 is 0 Å². The molecule has 0 aliphatic carbocycles. The fourth-order valence-corrected chi connectivity index (χ4v) is 2.53. The fourth-order valence-electron chi connectivity index (χ4n) is 2.53. The quantitative estimate of drug-likeness (QED) is 0.841. The van der Waals surface area contributed by atoms with Gasteiger partial charge in [0.2, 0.25) is 5.88 Å². The summed E-state index contributed by atoms with van der Waals surface area (Å²) in [6.07, 6.45) is 2.54. The number of nitrogens with zero attached hydrogens (tertiary/aromatic N) is 3. The molecule has 0 fully saturated rings. The summed E-state index contributed by atoms with van der Waals surface area (Å²) in [5.74, 6) is 0.726. The van der Waals surface area contributed by atoms with Gasteiger partial charge in [-0.05, 0) is 12.0 Å². The average molecular weight is 255 g/mol. The van der Waals surface area contributed by atoms with Crippen molar-refractivity contribution in [2.24, 2.45) is 0 Å². The Hall–Kier alpha value is -1.94. The van der Waals surface area contributed by atoms with Crippen molar-refractivity contribution < 1.29 is 4.74 Å². The molecule has 2 aromatic rings. The van der Waals surface area contributed by atoms with Crippen LogP contribution in [0.25, 0.3) is 0 Å². The number of hydrogen-bond donors (Lipinski definition) is 0. The SMILES string of the molecule is COc1ncnc2c1CCN(Cc1ccccc1)C2. The maximum Gasteiger partial charge on any atom is 0.219 e. The Bertz CT molecular complexity index is 557. The van der Waals surface area contributed by atoms with E-state index >= 15 is 0 Å². The Morgan fingerprint density at radius 2 is 2.05 bits per heavy atom. The standard InChI is InChI=1S/C15H17N3O/c1-19-15-13-7-8-18(10-14(13)16-11-17-15)9-12-5-3-2-4-6-12/h2-6,11H,7-10H2,1H3. The van der Waals surface area contributed by atoms with E-state index in [9.17, 15) is 0 Å². The normalized spacial score (nSPS) is 15.0. The molecule has 1 aromatic carbocycles. The molecule has 0 unspecified atom stereocenters. The van der Waals surface area contributed by atoms with Gasteiger partial charge in [-0.25, -0.2) is 9.97 Å². The van der Waals surface area contributed by atoms with Gasteiger partial charge in [-0.1, -0.05) is 30.3 Å². The molecule has 0 bridgehead atoms. The van der Waals surface area contributed by atoms with E-state index in [1.807, 2.05) is 6.07 Å². The first-order chi connectivity index (χ1) is 9.36. The molecule has 0 atom stereocenters. The van der Waals surface area contributed by atoms with Gasteiger partial charge in [-0.2, -0.15) is 0 Å². The fraction of sp³-hybridized carbons (Fsp3) is 0.333. The molecular formula is C15H17N3O. The van der Waals surface area contributed by atoms with E-state index in [0.29, 0.717) is 0 Å². The molecule has 0 spiro atoms. The minimum atomic E-state index is 0.726. The maximum absolute atomic E-state index is 5.30. The maximum atomic E-state index is 5.30. The van der Waals surface area contributed by atoms with Crippen LogP contribution < -0.4 is 4.74 Å². The first kappa shape index (κ1) is 12.1. The highest BCUT2D eigenvalue weighted by atomic mass is 16.5. The highest BCUT2D eigenvalue weighted by Crippen LogP contribution is 2.24. The summed E-state index contributed by atoms with van der Waals surface area (Å²) in [6, 6.07) is 10.5. The van der Waals surface area contributed by atoms with Crippen LogP contribution in [0.15, 0.2) is 36.7 Å². The zero-order chi connectivity index (χ0) is 13.1. The van der Waals surface area contributed by atoms with Gasteiger partial charge >= 0.3 is 0 Å². The average Bonchev–Trinajstić information content (AvgIpc) is 2.47. The molecule has 1 aliphatic heterocycles. The lowest BCUT2D eigenvalue weighted by atomic mass is 10.1. The molecule has 1 aliphatic rings. The second kappa shape index (κ2) is 5.36. The van der Waals surface area contributed by atoms with E-state index in [0.717, 1.165) is 43.2 Å². The Kier molecular flexibility index (Phi) is 3.42. The molecule has 19 heavy (non-hydrogen) atoms. The molecule has 4 heteroatoms. The molecule has 0 saturated carbocycles. The summed E-state index contributed by atoms with van der Waals surface area (Å²) in [5.41, 5.74) is 3.59. The van der Waals surface area contributed by atoms with E-state index in [2.05, 4.69) is 39.1 Å². The molecular weight excluding hydrogens is 238 g/mol. The van der Waals surface area contributed by atoms with Gasteiger partial charge in [0.05, 0.1) is 12.8 Å². The molecule has 1 aromatic heterocycles. The van der Waals surface area contributed by atoms with Crippen molar-refractivity contribution in [2.75, 3.05) is 13.7 Å². The predicted octanol–water partition coefficient (Wildman–Crippen LogP) is 2.04. The van der Waals surface area contributed by atoms with Gasteiger partial charge in [0.15, 0.2) is 0 Å². The first-order valence-electron chi connectivity index (χ1n) is 6.50. The topological polar surface area (TPSA) is 38.3 Å². The third-order valence-electron chi connectivity index (χ3n) is 3.49. The second-order valence-electron chi connectivity index (χ2n) is 4.75. The summed E-state index contributed by atoms with van der Waals surface area (Å²) in [5, 5.41) is 0. The van der Waals surface area contributed by atoms with Crippen molar-refractivity contribution in [3.05, 3.63) is 53.5 Å². The molecule has 0 amide bonds. The van der Waals surface area contributed by atoms with E-state index in [1.165, 1.54) is 5.56 Å². The van der Waals surface area contributed by atoms with Crippen LogP contribution in [0.4, 0.5) is 0 Å². The Morgan fingerprint density at radius 3 is 2.84 bits per heavy atom. The van der Waals surface area contributed by atoms with Crippen LogP contribution in [-0.4, -0.2) is 28.5 Å². The molecule has 2 heterocycles. The monoisotopic (exact) mass is 255 g/mol. The summed E-state index contributed by atoms with van der Waals surface area (Å²) >= 11 is 0. The van der Waals surface area contributed by atoms with Crippen LogP contribution in [-0.2, 0) is 19.5 Å². The van der Waals surface area contributed by atoms with Crippen LogP contribution in [0.1, 0.15) is 16.8 Å². The Labute approximate surface area is 113 Å². The minimum absolute atomic E-state index is 0.726. The van der Waals surface area contributed by atoms with Crippen molar-refractivity contribution >= 4 is 0 Å². The van der Waals surface area contributed by atoms with E-state index < -0.39 is 0 Å². The molecule has 4 nitrogen and oxygen atoms in total. The molecule has 0 saturated heterocycles. The lowest BCUT2D eigenvalue weighted by Crippen LogP contribution is -2.31. The van der Waals surface area contributed by atoms with Crippen molar-refractivity contribution in [1.82, 2.24) is 14.9 Å². The van der Waals surface area contributed by atoms with E-state index in [-0.39, 0.29) is 0 Å². The molecule has 3 rings (SSSR count). The summed E-state index contributed by atoms with van der Waals surface area (Å²) in [7, 11) is 1.67. The Morgan fingerprint density at radius 1 is 1.21 bits per heavy atom. The first-order valence-corrected chi connectivity index (χ1v) is 6.50. The van der Waals surface area contributed by atoms with E-state index in [1.54, 1.807) is 13.4 Å². The van der Waals surface area contributed by atoms with Crippen molar-refractivity contribution in [1.29, 1.82) is 0 Å². The second-order valence-corrected chi connectivity index (χ2v) is 4.75. The minimum Gasteiger partial charge on any atom is -0.481 e. The van der Waals surface area contributed by atoms with Gasteiger partial charge in [0.25, 0.3) is 0 Å². The van der Waals surface area contributed by atoms with Gasteiger partial charge in [-0.15, -0.1) is 0 Å². The van der Waals surface area contributed by atoms with Crippen LogP contribution in [0, 0.1) is 0 Å². The lowest BCUT2D eigenvalue weighted by Gasteiger charge is -2.28. The zero-order valence-electron chi connectivity index (χ0n) is 11.0. The molecule has 98 valence electrons. The van der Waals surface area contributed by atoms with Gasteiger partial charge in [0.1, 0.15) is 6.33 Å². The number of ether oxygens (including phenoxy) is 1. The highest BCUT2D eigenvalue weighted by molar-refractivity contribution is 5.31. The van der Waals surface area contributed by atoms with Crippen LogP contribution in [0.5, 0.6) is 5.88 Å². The number of aromatic nitrogens is 2.